The third-order valence-electron chi connectivity index (χ3n) is 1.48. The molecule has 0 atom stereocenters. The maximum atomic E-state index is 10.8. The Balaban J connectivity index is 3.28. The van der Waals surface area contributed by atoms with Gasteiger partial charge in [-0.15, -0.1) is 6.42 Å². The second-order valence-electron chi connectivity index (χ2n) is 2.77. The van der Waals surface area contributed by atoms with Crippen molar-refractivity contribution in [3.63, 3.8) is 0 Å². The number of hydrogen-bond acceptors (Lipinski definition) is 3. The van der Waals surface area contributed by atoms with E-state index in [1.807, 2.05) is 0 Å². The van der Waals surface area contributed by atoms with E-state index in [2.05, 4.69) is 10.7 Å². The van der Waals surface area contributed by atoms with Crippen LogP contribution in [0.4, 0.5) is 0 Å². The highest BCUT2D eigenvalue weighted by Gasteiger charge is 2.01. The molecule has 0 N–H and O–H groups in total. The Labute approximate surface area is 78.5 Å². The highest BCUT2D eigenvalue weighted by Crippen LogP contribution is 2.01. The second kappa shape index (κ2) is 7.35. The van der Waals surface area contributed by atoms with Crippen LogP contribution >= 0.6 is 0 Å². The van der Waals surface area contributed by atoms with Crippen LogP contribution in [0.1, 0.15) is 32.6 Å². The lowest BCUT2D eigenvalue weighted by Crippen LogP contribution is -2.04. The first-order valence-electron chi connectivity index (χ1n) is 4.25. The number of ether oxygens (including phenoxy) is 1. The van der Waals surface area contributed by atoms with E-state index in [1.165, 1.54) is 6.92 Å². The lowest BCUT2D eigenvalue weighted by Gasteiger charge is -1.99. The summed E-state index contributed by atoms with van der Waals surface area (Å²) in [7, 11) is 0. The molecule has 0 saturated heterocycles. The predicted molar refractivity (Wildman–Crippen MR) is 48.9 cm³/mol. The van der Waals surface area contributed by atoms with Gasteiger partial charge in [0.25, 0.3) is 0 Å². The first-order valence-corrected chi connectivity index (χ1v) is 4.25. The van der Waals surface area contributed by atoms with Gasteiger partial charge in [0, 0.05) is 12.8 Å². The molecular weight excluding hydrogens is 168 g/mol. The number of esters is 1. The number of hydrogen-bond donors (Lipinski definition) is 0. The molecule has 72 valence electrons. The fourth-order valence-electron chi connectivity index (χ4n) is 0.838. The van der Waals surface area contributed by atoms with Gasteiger partial charge < -0.3 is 9.53 Å². The maximum Gasteiger partial charge on any atom is 0.306 e. The van der Waals surface area contributed by atoms with Crippen molar-refractivity contribution < 1.29 is 14.3 Å². The second-order valence-corrected chi connectivity index (χ2v) is 2.77. The average molecular weight is 182 g/mol. The van der Waals surface area contributed by atoms with E-state index in [1.54, 1.807) is 0 Å². The summed E-state index contributed by atoms with van der Waals surface area (Å²) in [5, 5.41) is 0. The Hall–Kier alpha value is -1.30. The van der Waals surface area contributed by atoms with Gasteiger partial charge in [0.05, 0.1) is 0 Å². The molecule has 3 heteroatoms. The first-order chi connectivity index (χ1) is 6.16. The molecule has 0 saturated carbocycles. The van der Waals surface area contributed by atoms with Gasteiger partial charge in [0.2, 0.25) is 0 Å². The molecule has 0 amide bonds. The maximum absolute atomic E-state index is 10.8. The van der Waals surface area contributed by atoms with E-state index in [4.69, 9.17) is 6.42 Å². The molecule has 0 radical (unpaired) electrons. The highest BCUT2D eigenvalue weighted by molar-refractivity contribution is 5.75. The monoisotopic (exact) mass is 182 g/mol. The van der Waals surface area contributed by atoms with Crippen LogP contribution in [0.5, 0.6) is 0 Å². The number of terminal acetylenes is 1. The summed E-state index contributed by atoms with van der Waals surface area (Å²) >= 11 is 0. The lowest BCUT2D eigenvalue weighted by atomic mass is 10.1. The fourth-order valence-corrected chi connectivity index (χ4v) is 0.838. The standard InChI is InChI=1S/C10H14O3/c1-3-8-13-10(12)7-5-4-6-9(2)11/h1H,4-8H2,2H3. The summed E-state index contributed by atoms with van der Waals surface area (Å²) in [6, 6.07) is 0. The van der Waals surface area contributed by atoms with Crippen LogP contribution in [0.2, 0.25) is 0 Å². The summed E-state index contributed by atoms with van der Waals surface area (Å²) < 4.78 is 4.64. The van der Waals surface area contributed by atoms with Crippen molar-refractivity contribution >= 4 is 11.8 Å². The molecule has 0 bridgehead atoms. The molecule has 13 heavy (non-hydrogen) atoms. The van der Waals surface area contributed by atoms with E-state index in [-0.39, 0.29) is 18.4 Å². The van der Waals surface area contributed by atoms with Crippen molar-refractivity contribution in [2.75, 3.05) is 6.61 Å². The van der Waals surface area contributed by atoms with E-state index in [0.29, 0.717) is 19.3 Å². The number of carbonyl (C=O) groups excluding carboxylic acids is 2. The minimum atomic E-state index is -0.290. The SMILES string of the molecule is C#CCOC(=O)CCCCC(C)=O. The highest BCUT2D eigenvalue weighted by atomic mass is 16.5. The van der Waals surface area contributed by atoms with Gasteiger partial charge in [-0.05, 0) is 19.8 Å². The van der Waals surface area contributed by atoms with E-state index >= 15 is 0 Å². The van der Waals surface area contributed by atoms with Crippen molar-refractivity contribution in [2.45, 2.75) is 32.6 Å². The summed E-state index contributed by atoms with van der Waals surface area (Å²) in [5.41, 5.74) is 0. The van der Waals surface area contributed by atoms with Gasteiger partial charge in [-0.1, -0.05) is 5.92 Å². The third-order valence-corrected chi connectivity index (χ3v) is 1.48. The van der Waals surface area contributed by atoms with Crippen LogP contribution in [0.25, 0.3) is 0 Å². The Morgan fingerprint density at radius 1 is 1.31 bits per heavy atom. The number of rotatable bonds is 6. The van der Waals surface area contributed by atoms with Gasteiger partial charge in [-0.3, -0.25) is 4.79 Å². The molecule has 0 spiro atoms. The molecule has 0 aliphatic rings. The van der Waals surface area contributed by atoms with Gasteiger partial charge in [-0.2, -0.15) is 0 Å². The van der Waals surface area contributed by atoms with Gasteiger partial charge in [0.15, 0.2) is 6.61 Å². The molecule has 0 unspecified atom stereocenters. The van der Waals surface area contributed by atoms with Gasteiger partial charge >= 0.3 is 5.97 Å². The summed E-state index contributed by atoms with van der Waals surface area (Å²) in [6.07, 6.45) is 7.19. The molecule has 0 aromatic rings. The third kappa shape index (κ3) is 8.61. The van der Waals surface area contributed by atoms with Crippen molar-refractivity contribution in [1.29, 1.82) is 0 Å². The largest absolute Gasteiger partial charge is 0.452 e. The number of ketones is 1. The molecule has 0 aromatic heterocycles. The zero-order chi connectivity index (χ0) is 10.1. The molecular formula is C10H14O3. The molecule has 0 aliphatic carbocycles. The fraction of sp³-hybridized carbons (Fsp3) is 0.600. The Bertz CT molecular complexity index is 213. The van der Waals surface area contributed by atoms with Crippen LogP contribution in [0.15, 0.2) is 0 Å². The molecule has 0 fully saturated rings. The summed E-state index contributed by atoms with van der Waals surface area (Å²) in [4.78, 5) is 21.4. The minimum Gasteiger partial charge on any atom is -0.452 e. The number of unbranched alkanes of at least 4 members (excludes halogenated alkanes) is 1. The Morgan fingerprint density at radius 2 is 1.92 bits per heavy atom. The van der Waals surface area contributed by atoms with Gasteiger partial charge in [0.1, 0.15) is 5.78 Å². The van der Waals surface area contributed by atoms with Crippen LogP contribution < -0.4 is 0 Å². The van der Waals surface area contributed by atoms with Crippen LogP contribution in [-0.2, 0) is 14.3 Å². The Kier molecular flexibility index (Phi) is 6.62. The zero-order valence-electron chi connectivity index (χ0n) is 7.84. The smallest absolute Gasteiger partial charge is 0.306 e. The van der Waals surface area contributed by atoms with Crippen molar-refractivity contribution in [2.24, 2.45) is 0 Å². The number of carbonyl (C=O) groups is 2. The minimum absolute atomic E-state index is 0.0333. The van der Waals surface area contributed by atoms with Gasteiger partial charge in [-0.25, -0.2) is 0 Å². The molecule has 0 aromatic carbocycles. The van der Waals surface area contributed by atoms with Crippen LogP contribution in [0, 0.1) is 12.3 Å². The normalized spacial score (nSPS) is 8.92. The first kappa shape index (κ1) is 11.7. The van der Waals surface area contributed by atoms with Crippen molar-refractivity contribution in [1.82, 2.24) is 0 Å². The zero-order valence-corrected chi connectivity index (χ0v) is 7.84. The topological polar surface area (TPSA) is 43.4 Å². The summed E-state index contributed by atoms with van der Waals surface area (Å²) in [5.74, 6) is 2.07. The number of Topliss-reactive ketones (excluding diaryl/α,β-unsaturated/α-hetero) is 1. The quantitative estimate of drug-likeness (QED) is 0.353. The van der Waals surface area contributed by atoms with Crippen LogP contribution in [0.3, 0.4) is 0 Å². The average Bonchev–Trinajstić information content (AvgIpc) is 2.08. The molecule has 3 nitrogen and oxygen atoms in total. The summed E-state index contributed by atoms with van der Waals surface area (Å²) in [6.45, 7) is 1.57. The van der Waals surface area contributed by atoms with Crippen molar-refractivity contribution in [3.8, 4) is 12.3 Å². The molecule has 0 heterocycles. The molecule has 0 rings (SSSR count). The van der Waals surface area contributed by atoms with E-state index in [9.17, 15) is 9.59 Å². The van der Waals surface area contributed by atoms with Crippen molar-refractivity contribution in [3.05, 3.63) is 0 Å². The van der Waals surface area contributed by atoms with E-state index in [0.717, 1.165) is 6.42 Å². The molecule has 0 aliphatic heterocycles. The lowest BCUT2D eigenvalue weighted by molar-refractivity contribution is -0.142. The Morgan fingerprint density at radius 3 is 2.46 bits per heavy atom. The van der Waals surface area contributed by atoms with Crippen LogP contribution in [-0.4, -0.2) is 18.4 Å². The predicted octanol–water partition coefficient (Wildman–Crippen LogP) is 1.31. The van der Waals surface area contributed by atoms with E-state index < -0.39 is 0 Å².